The number of unbranched alkanes of at least 4 members (excludes halogenated alkanes) is 1. The SMILES string of the molecule is CCCC[C@H](NC(=O)c1cc2ccccc2n1C)C(=O)N[C@H]1CCC[C@H]1C(=O)NS(=O)(=O)CCCO. The lowest BCUT2D eigenvalue weighted by Crippen LogP contribution is -2.52. The molecule has 3 atom stereocenters. The number of sulfonamides is 1. The first-order valence-corrected chi connectivity index (χ1v) is 14.1. The summed E-state index contributed by atoms with van der Waals surface area (Å²) < 4.78 is 28.0. The Kier molecular flexibility index (Phi) is 9.49. The first kappa shape index (κ1) is 27.7. The Morgan fingerprint density at radius 3 is 2.61 bits per heavy atom. The van der Waals surface area contributed by atoms with Gasteiger partial charge in [-0.25, -0.2) is 8.42 Å². The second-order valence-electron chi connectivity index (χ2n) is 9.33. The lowest BCUT2D eigenvalue weighted by molar-refractivity contribution is -0.126. The number of aryl methyl sites for hydroxylation is 1. The number of fused-ring (bicyclic) bond motifs is 1. The molecule has 36 heavy (non-hydrogen) atoms. The number of aliphatic hydroxyl groups excluding tert-OH is 1. The zero-order valence-corrected chi connectivity index (χ0v) is 21.6. The van der Waals surface area contributed by atoms with Gasteiger partial charge in [0.25, 0.3) is 5.91 Å². The first-order valence-electron chi connectivity index (χ1n) is 12.5. The van der Waals surface area contributed by atoms with Gasteiger partial charge in [0.15, 0.2) is 0 Å². The van der Waals surface area contributed by atoms with Crippen molar-refractivity contribution in [1.29, 1.82) is 0 Å². The van der Waals surface area contributed by atoms with Gasteiger partial charge in [-0.2, -0.15) is 0 Å². The molecule has 1 aromatic carbocycles. The molecule has 11 heteroatoms. The Bertz CT molecular complexity index is 1190. The topological polar surface area (TPSA) is 147 Å². The maximum atomic E-state index is 13.2. The minimum absolute atomic E-state index is 0.0307. The van der Waals surface area contributed by atoms with E-state index < -0.39 is 33.9 Å². The molecule has 1 saturated carbocycles. The summed E-state index contributed by atoms with van der Waals surface area (Å²) in [6, 6.07) is 8.11. The van der Waals surface area contributed by atoms with Crippen LogP contribution in [0.2, 0.25) is 0 Å². The molecule has 10 nitrogen and oxygen atoms in total. The molecule has 1 fully saturated rings. The molecular weight excluding hydrogens is 484 g/mol. The van der Waals surface area contributed by atoms with E-state index in [0.29, 0.717) is 31.4 Å². The summed E-state index contributed by atoms with van der Waals surface area (Å²) in [6.07, 6.45) is 3.70. The van der Waals surface area contributed by atoms with Crippen molar-refractivity contribution in [2.75, 3.05) is 12.4 Å². The number of hydrogen-bond acceptors (Lipinski definition) is 6. The van der Waals surface area contributed by atoms with Crippen molar-refractivity contribution >= 4 is 38.6 Å². The van der Waals surface area contributed by atoms with Gasteiger partial charge >= 0.3 is 0 Å². The Balaban J connectivity index is 1.68. The molecule has 4 N–H and O–H groups in total. The molecule has 198 valence electrons. The zero-order valence-electron chi connectivity index (χ0n) is 20.8. The second-order valence-corrected chi connectivity index (χ2v) is 11.2. The van der Waals surface area contributed by atoms with Crippen molar-refractivity contribution in [3.05, 3.63) is 36.0 Å². The average Bonchev–Trinajstić information content (AvgIpc) is 3.44. The molecule has 0 aliphatic heterocycles. The van der Waals surface area contributed by atoms with Crippen LogP contribution in [-0.4, -0.2) is 60.3 Å². The van der Waals surface area contributed by atoms with Gasteiger partial charge in [0.05, 0.1) is 11.7 Å². The predicted molar refractivity (Wildman–Crippen MR) is 137 cm³/mol. The number of aromatic nitrogens is 1. The van der Waals surface area contributed by atoms with Gasteiger partial charge in [0.2, 0.25) is 21.8 Å². The third-order valence-corrected chi connectivity index (χ3v) is 8.00. The number of amides is 3. The maximum Gasteiger partial charge on any atom is 0.268 e. The summed E-state index contributed by atoms with van der Waals surface area (Å²) in [6.45, 7) is 1.70. The Hall–Kier alpha value is -2.92. The molecule has 1 aromatic heterocycles. The quantitative estimate of drug-likeness (QED) is 0.334. The summed E-state index contributed by atoms with van der Waals surface area (Å²) in [4.78, 5) is 39.0. The number of carbonyl (C=O) groups excluding carboxylic acids is 3. The highest BCUT2D eigenvalue weighted by Crippen LogP contribution is 2.26. The van der Waals surface area contributed by atoms with Crippen LogP contribution in [0.1, 0.15) is 62.4 Å². The number of hydrogen-bond donors (Lipinski definition) is 4. The van der Waals surface area contributed by atoms with Gasteiger partial charge in [0, 0.05) is 30.6 Å². The van der Waals surface area contributed by atoms with E-state index in [-0.39, 0.29) is 30.6 Å². The molecule has 0 bridgehead atoms. The highest BCUT2D eigenvalue weighted by atomic mass is 32.2. The van der Waals surface area contributed by atoms with Crippen LogP contribution in [0, 0.1) is 5.92 Å². The highest BCUT2D eigenvalue weighted by Gasteiger charge is 2.37. The summed E-state index contributed by atoms with van der Waals surface area (Å²) in [5, 5.41) is 15.5. The third kappa shape index (κ3) is 6.85. The van der Waals surface area contributed by atoms with E-state index in [2.05, 4.69) is 15.4 Å². The van der Waals surface area contributed by atoms with Gasteiger partial charge in [-0.1, -0.05) is 44.4 Å². The lowest BCUT2D eigenvalue weighted by Gasteiger charge is -2.24. The normalized spacial score (nSPS) is 18.6. The Morgan fingerprint density at radius 1 is 1.17 bits per heavy atom. The van der Waals surface area contributed by atoms with Crippen molar-refractivity contribution in [2.45, 2.75) is 64.0 Å². The zero-order chi connectivity index (χ0) is 26.3. The smallest absolute Gasteiger partial charge is 0.268 e. The van der Waals surface area contributed by atoms with Crippen molar-refractivity contribution < 1.29 is 27.9 Å². The second kappa shape index (κ2) is 12.4. The monoisotopic (exact) mass is 520 g/mol. The van der Waals surface area contributed by atoms with E-state index in [9.17, 15) is 22.8 Å². The van der Waals surface area contributed by atoms with Crippen molar-refractivity contribution in [2.24, 2.45) is 13.0 Å². The number of carbonyl (C=O) groups is 3. The lowest BCUT2D eigenvalue weighted by atomic mass is 10.0. The summed E-state index contributed by atoms with van der Waals surface area (Å²) in [5.74, 6) is -2.43. The van der Waals surface area contributed by atoms with Gasteiger partial charge in [-0.3, -0.25) is 19.1 Å². The molecule has 0 spiro atoms. The van der Waals surface area contributed by atoms with E-state index in [1.165, 1.54) is 0 Å². The Labute approximate surface area is 211 Å². The van der Waals surface area contributed by atoms with Crippen LogP contribution >= 0.6 is 0 Å². The fraction of sp³-hybridized carbons (Fsp3) is 0.560. The number of aliphatic hydroxyl groups is 1. The molecule has 3 amide bonds. The summed E-state index contributed by atoms with van der Waals surface area (Å²) in [7, 11) is -2.05. The Morgan fingerprint density at radius 2 is 1.92 bits per heavy atom. The van der Waals surface area contributed by atoms with Crippen LogP contribution in [0.4, 0.5) is 0 Å². The van der Waals surface area contributed by atoms with Crippen LogP contribution in [-0.2, 0) is 26.7 Å². The van der Waals surface area contributed by atoms with Crippen molar-refractivity contribution in [1.82, 2.24) is 19.9 Å². The first-order chi connectivity index (χ1) is 17.2. The molecular formula is C25H36N4O6S. The molecule has 1 heterocycles. The number of rotatable bonds is 12. The van der Waals surface area contributed by atoms with Crippen LogP contribution < -0.4 is 15.4 Å². The fourth-order valence-corrected chi connectivity index (χ4v) is 5.75. The van der Waals surface area contributed by atoms with Crippen LogP contribution in [0.15, 0.2) is 30.3 Å². The number of nitrogens with zero attached hydrogens (tertiary/aromatic N) is 1. The molecule has 0 radical (unpaired) electrons. The van der Waals surface area contributed by atoms with E-state index >= 15 is 0 Å². The standard InChI is InChI=1S/C25H36N4O6S/c1-3-4-11-20(27-25(33)22-16-17-9-5-6-13-21(17)29(22)2)24(32)26-19-12-7-10-18(19)23(31)28-36(34,35)15-8-14-30/h5-6,9,13,16,18-20,30H,3-4,7-8,10-12,14-15H2,1-2H3,(H,26,32)(H,27,33)(H,28,31)/t18-,19+,20+/m1/s1. The largest absolute Gasteiger partial charge is 0.396 e. The molecule has 0 unspecified atom stereocenters. The highest BCUT2D eigenvalue weighted by molar-refractivity contribution is 7.90. The number of para-hydroxylation sites is 1. The fourth-order valence-electron chi connectivity index (χ4n) is 4.68. The van der Waals surface area contributed by atoms with Gasteiger partial charge in [0.1, 0.15) is 11.7 Å². The van der Waals surface area contributed by atoms with E-state index in [1.807, 2.05) is 31.2 Å². The van der Waals surface area contributed by atoms with Crippen molar-refractivity contribution in [3.63, 3.8) is 0 Å². The van der Waals surface area contributed by atoms with Gasteiger partial charge < -0.3 is 20.3 Å². The molecule has 0 saturated heterocycles. The minimum atomic E-state index is -3.85. The van der Waals surface area contributed by atoms with Gasteiger partial charge in [-0.05, 0) is 37.8 Å². The van der Waals surface area contributed by atoms with Crippen LogP contribution in [0.5, 0.6) is 0 Å². The molecule has 1 aliphatic rings. The number of benzene rings is 1. The minimum Gasteiger partial charge on any atom is -0.396 e. The third-order valence-electron chi connectivity index (χ3n) is 6.66. The van der Waals surface area contributed by atoms with E-state index in [1.54, 1.807) is 17.7 Å². The van der Waals surface area contributed by atoms with E-state index in [4.69, 9.17) is 5.11 Å². The van der Waals surface area contributed by atoms with Gasteiger partial charge in [-0.15, -0.1) is 0 Å². The maximum absolute atomic E-state index is 13.2. The molecule has 1 aliphatic carbocycles. The summed E-state index contributed by atoms with van der Waals surface area (Å²) >= 11 is 0. The molecule has 3 rings (SSSR count). The molecule has 2 aromatic rings. The summed E-state index contributed by atoms with van der Waals surface area (Å²) in [5.41, 5.74) is 1.35. The van der Waals surface area contributed by atoms with Crippen LogP contribution in [0.25, 0.3) is 10.9 Å². The van der Waals surface area contributed by atoms with Crippen LogP contribution in [0.3, 0.4) is 0 Å². The number of nitrogens with one attached hydrogen (secondary N) is 3. The average molecular weight is 521 g/mol. The van der Waals surface area contributed by atoms with E-state index in [0.717, 1.165) is 23.7 Å². The van der Waals surface area contributed by atoms with Crippen molar-refractivity contribution in [3.8, 4) is 0 Å². The predicted octanol–water partition coefficient (Wildman–Crippen LogP) is 1.58.